The van der Waals surface area contributed by atoms with Crippen molar-refractivity contribution in [1.82, 2.24) is 0 Å². The van der Waals surface area contributed by atoms with E-state index in [2.05, 4.69) is 43.0 Å². The van der Waals surface area contributed by atoms with E-state index in [0.717, 1.165) is 59.1 Å². The Bertz CT molecular complexity index is 2910. The van der Waals surface area contributed by atoms with Crippen LogP contribution in [0.15, 0.2) is 120 Å². The van der Waals surface area contributed by atoms with Crippen LogP contribution in [0.3, 0.4) is 0 Å². The van der Waals surface area contributed by atoms with Crippen LogP contribution in [0.25, 0.3) is 0 Å². The van der Waals surface area contributed by atoms with Gasteiger partial charge in [-0.3, -0.25) is 0 Å². The van der Waals surface area contributed by atoms with E-state index < -0.39 is 50.6 Å². The van der Waals surface area contributed by atoms with Gasteiger partial charge >= 0.3 is 29.6 Å². The van der Waals surface area contributed by atoms with Crippen LogP contribution >= 0.6 is 0 Å². The molecule has 71 heavy (non-hydrogen) atoms. The van der Waals surface area contributed by atoms with Crippen molar-refractivity contribution >= 4 is 16.1 Å². The Morgan fingerprint density at radius 2 is 1.75 bits per heavy atom. The van der Waals surface area contributed by atoms with Crippen molar-refractivity contribution in [2.45, 2.75) is 118 Å². The molecule has 5 heterocycles. The smallest absolute Gasteiger partial charge is 0.748 e. The van der Waals surface area contributed by atoms with Crippen LogP contribution in [0.1, 0.15) is 122 Å². The predicted molar refractivity (Wildman–Crippen MR) is 267 cm³/mol. The molecule has 7 N–H and O–H groups in total. The second-order valence-corrected chi connectivity index (χ2v) is 23.2. The first-order valence-corrected chi connectivity index (χ1v) is 26.9. The van der Waals surface area contributed by atoms with Crippen molar-refractivity contribution in [2.75, 3.05) is 6.61 Å². The first-order valence-electron chi connectivity index (χ1n) is 25.4. The summed E-state index contributed by atoms with van der Waals surface area (Å²) in [7, 11) is -4.92. The third kappa shape index (κ3) is 9.33. The number of aliphatic hydroxyl groups is 2. The molecule has 13 rings (SSSR count). The van der Waals surface area contributed by atoms with Crippen molar-refractivity contribution in [3.05, 3.63) is 154 Å². The Balaban J connectivity index is 0.00000582. The van der Waals surface area contributed by atoms with Gasteiger partial charge in [0.25, 0.3) is 0 Å². The summed E-state index contributed by atoms with van der Waals surface area (Å²) in [5, 5.41) is 32.9. The minimum absolute atomic E-state index is 0. The van der Waals surface area contributed by atoms with Crippen LogP contribution in [0.2, 0.25) is 0 Å². The van der Waals surface area contributed by atoms with Crippen LogP contribution in [0, 0.1) is 53.3 Å². The van der Waals surface area contributed by atoms with Gasteiger partial charge in [-0.1, -0.05) is 104 Å². The molecule has 9 aliphatic rings. The van der Waals surface area contributed by atoms with Gasteiger partial charge in [-0.2, -0.15) is 0 Å². The van der Waals surface area contributed by atoms with Crippen molar-refractivity contribution in [3.63, 3.8) is 0 Å². The first-order chi connectivity index (χ1) is 33.7. The molecule has 366 valence electrons. The molecule has 10 bridgehead atoms. The molecule has 1 saturated heterocycles. The molecule has 4 aliphatic carbocycles. The largest absolute Gasteiger partial charge is 1.00 e. The average Bonchev–Trinajstić information content (AvgIpc) is 3.67. The molecule has 5 aliphatic heterocycles. The molecule has 13 heteroatoms. The molecular weight excluding hydrogens is 922 g/mol. The number of aliphatic imine (C=N–C) groups is 1. The molecule has 1 saturated carbocycles. The third-order valence-electron chi connectivity index (χ3n) is 17.6. The number of allylic oxidation sites excluding steroid dienone is 1. The number of phenolic OH excluding ortho intramolecular Hbond substituents is 1. The maximum absolute atomic E-state index is 14.2. The van der Waals surface area contributed by atoms with Gasteiger partial charge in [-0.15, -0.1) is 0 Å². The number of hydrogen-bond donors (Lipinski definition) is 5. The molecular formula is C58H64N3NaO8S. The number of aryl methyl sites for hydroxylation is 1. The van der Waals surface area contributed by atoms with Gasteiger partial charge in [0.15, 0.2) is 5.96 Å². The second-order valence-electron chi connectivity index (χ2n) is 21.6. The fourth-order valence-electron chi connectivity index (χ4n) is 14.3. The molecule has 0 radical (unpaired) electrons. The third-order valence-corrected chi connectivity index (χ3v) is 18.8. The first kappa shape index (κ1) is 50.1. The van der Waals surface area contributed by atoms with Gasteiger partial charge in [-0.25, -0.2) is 13.4 Å². The van der Waals surface area contributed by atoms with Crippen molar-refractivity contribution < 1.29 is 67.3 Å². The van der Waals surface area contributed by atoms with Gasteiger partial charge in [0.1, 0.15) is 17.6 Å². The summed E-state index contributed by atoms with van der Waals surface area (Å²) in [6.07, 6.45) is 12.1. The zero-order valence-corrected chi connectivity index (χ0v) is 43.5. The van der Waals surface area contributed by atoms with E-state index in [1.165, 1.54) is 0 Å². The number of rotatable bonds is 6. The van der Waals surface area contributed by atoms with E-state index in [1.54, 1.807) is 12.1 Å². The number of hydrogen-bond acceptors (Lipinski definition) is 9. The van der Waals surface area contributed by atoms with Gasteiger partial charge in [0, 0.05) is 47.5 Å². The van der Waals surface area contributed by atoms with E-state index in [9.17, 15) is 28.3 Å². The number of phenols is 1. The van der Waals surface area contributed by atoms with Crippen LogP contribution < -0.4 is 45.8 Å². The fraction of sp³-hybridized carbons (Fsp3) is 0.466. The van der Waals surface area contributed by atoms with Crippen LogP contribution in [0.4, 0.5) is 0 Å². The molecule has 4 aromatic carbocycles. The fourth-order valence-corrected chi connectivity index (χ4v) is 15.4. The average molecular weight is 986 g/mol. The SMILES string of the molecule is CC1CCc2cc3ccc2C1CC(S(=O)(=O)[O-])C1C=C2CC(CC4CC(CO)CC#Cc5cc(O)ccc5C2O4)C1c1ccc(cc1)C(N=C(N)N)(C1C=CC2CCCC2(O)C1Cc1ccccc1)O3.[Na+]. The van der Waals surface area contributed by atoms with E-state index in [-0.39, 0.29) is 95.9 Å². The number of nitrogens with zero attached hydrogens (tertiary/aromatic N) is 1. The van der Waals surface area contributed by atoms with Crippen LogP contribution in [-0.4, -0.2) is 57.8 Å². The topological polar surface area (TPSA) is 201 Å². The summed E-state index contributed by atoms with van der Waals surface area (Å²) in [5.74, 6) is 4.37. The van der Waals surface area contributed by atoms with Crippen LogP contribution in [-0.2, 0) is 33.4 Å². The van der Waals surface area contributed by atoms with Gasteiger partial charge < -0.3 is 40.8 Å². The standard InChI is InChI=1S/C58H65N3O8S.Na/c1-34-12-13-39-29-45-20-22-47(39)49(34)32-53(70(65,66)67)50-31-41-27-40(30-46-25-36(33-62)9-5-10-38-28-44(63)19-21-48(38)55(41)68-46)54(50)37-14-16-43(17-15-37)58(69-45,61-56(59)60)51-23-18-42-11-6-24-57(42,64)52(51)26-35-7-3-2-4-8-35;/h2-4,7-8,14-23,28-29,31,34,36,40,42,46,49-55,62-64H,6,9,11-13,24-27,30,32-33H2,1H3,(H4,59,60,61)(H,65,66,67);/q;+1/p-1. The van der Waals surface area contributed by atoms with E-state index in [0.29, 0.717) is 55.4 Å². The Morgan fingerprint density at radius 1 is 0.958 bits per heavy atom. The van der Waals surface area contributed by atoms with Crippen LogP contribution in [0.5, 0.6) is 11.5 Å². The number of nitrogens with two attached hydrogens (primary N) is 2. The van der Waals surface area contributed by atoms with Crippen molar-refractivity contribution in [1.29, 1.82) is 0 Å². The van der Waals surface area contributed by atoms with E-state index in [1.807, 2.05) is 72.8 Å². The molecule has 14 atom stereocenters. The summed E-state index contributed by atoms with van der Waals surface area (Å²) in [6, 6.07) is 29.4. The Morgan fingerprint density at radius 3 is 2.51 bits per heavy atom. The number of aromatic hydroxyl groups is 1. The summed E-state index contributed by atoms with van der Waals surface area (Å²) in [6.45, 7) is 2.08. The van der Waals surface area contributed by atoms with Gasteiger partial charge in [0.05, 0.1) is 27.1 Å². The number of aliphatic hydroxyl groups excluding tert-OH is 1. The maximum atomic E-state index is 14.2. The second kappa shape index (κ2) is 19.8. The number of fused-ring (bicyclic) bond motifs is 10. The summed E-state index contributed by atoms with van der Waals surface area (Å²) < 4.78 is 57.2. The van der Waals surface area contributed by atoms with Crippen molar-refractivity contribution in [3.8, 4) is 23.3 Å². The molecule has 11 nitrogen and oxygen atoms in total. The number of guanidine groups is 1. The zero-order valence-electron chi connectivity index (χ0n) is 40.7. The van der Waals surface area contributed by atoms with E-state index in [4.69, 9.17) is 25.9 Å². The molecule has 2 fully saturated rings. The Kier molecular flexibility index (Phi) is 14.0. The maximum Gasteiger partial charge on any atom is 1.00 e. The Labute approximate surface area is 440 Å². The normalized spacial score (nSPS) is 34.7. The zero-order chi connectivity index (χ0) is 48.5. The minimum Gasteiger partial charge on any atom is -0.748 e. The van der Waals surface area contributed by atoms with Crippen molar-refractivity contribution in [2.24, 2.45) is 57.9 Å². The molecule has 14 unspecified atom stereocenters. The minimum atomic E-state index is -4.92. The van der Waals surface area contributed by atoms with E-state index >= 15 is 0 Å². The molecule has 0 spiro atoms. The summed E-state index contributed by atoms with van der Waals surface area (Å²) in [4.78, 5) is 5.15. The number of ether oxygens (including phenoxy) is 2. The monoisotopic (exact) mass is 985 g/mol. The molecule has 0 aromatic heterocycles. The molecule has 4 aromatic rings. The molecule has 0 amide bonds. The van der Waals surface area contributed by atoms with Gasteiger partial charge in [0.2, 0.25) is 5.72 Å². The summed E-state index contributed by atoms with van der Waals surface area (Å²) >= 11 is 0. The number of benzene rings is 4. The quantitative estimate of drug-likeness (QED) is 0.0417. The van der Waals surface area contributed by atoms with Gasteiger partial charge in [-0.05, 0) is 152 Å². The summed E-state index contributed by atoms with van der Waals surface area (Å²) in [5.41, 5.74) is 17.4. The Hall–Kier alpha value is -4.42. The predicted octanol–water partition coefficient (Wildman–Crippen LogP) is 5.39.